The first-order valence-corrected chi connectivity index (χ1v) is 7.74. The Morgan fingerprint density at radius 2 is 2.05 bits per heavy atom. The number of aromatic nitrogens is 3. The first-order chi connectivity index (χ1) is 10.2. The van der Waals surface area contributed by atoms with Gasteiger partial charge in [0, 0.05) is 35.5 Å². The van der Waals surface area contributed by atoms with Crippen LogP contribution in [-0.2, 0) is 0 Å². The van der Waals surface area contributed by atoms with Crippen LogP contribution in [0.3, 0.4) is 0 Å². The molecule has 0 bridgehead atoms. The number of hydrogen-bond acceptors (Lipinski definition) is 4. The Bertz CT molecular complexity index is 647. The second-order valence-electron chi connectivity index (χ2n) is 5.79. The van der Waals surface area contributed by atoms with Crippen LogP contribution in [0.5, 0.6) is 0 Å². The minimum Gasteiger partial charge on any atom is -0.370 e. The van der Waals surface area contributed by atoms with Crippen molar-refractivity contribution in [3.05, 3.63) is 35.4 Å². The second-order valence-corrected chi connectivity index (χ2v) is 5.79. The molecule has 0 atom stereocenters. The lowest BCUT2D eigenvalue weighted by atomic mass is 10.1. The Morgan fingerprint density at radius 3 is 2.71 bits per heavy atom. The fraction of sp³-hybridized carbons (Fsp3) is 0.471. The summed E-state index contributed by atoms with van der Waals surface area (Å²) >= 11 is 0. The largest absolute Gasteiger partial charge is 0.370 e. The topological polar surface area (TPSA) is 50.7 Å². The van der Waals surface area contributed by atoms with Crippen molar-refractivity contribution in [2.24, 2.45) is 0 Å². The molecule has 1 aliphatic carbocycles. The lowest BCUT2D eigenvalue weighted by Gasteiger charge is -2.14. The van der Waals surface area contributed by atoms with Crippen molar-refractivity contribution in [1.82, 2.24) is 15.0 Å². The number of nitrogens with zero attached hydrogens (tertiary/aromatic N) is 3. The Morgan fingerprint density at radius 1 is 1.24 bits per heavy atom. The van der Waals surface area contributed by atoms with Crippen molar-refractivity contribution in [3.63, 3.8) is 0 Å². The maximum Gasteiger partial charge on any atom is 0.134 e. The maximum absolute atomic E-state index is 4.84. The van der Waals surface area contributed by atoms with Gasteiger partial charge < -0.3 is 5.32 Å². The van der Waals surface area contributed by atoms with E-state index in [4.69, 9.17) is 9.97 Å². The molecule has 2 heterocycles. The van der Waals surface area contributed by atoms with Crippen LogP contribution in [0.4, 0.5) is 5.82 Å². The minimum absolute atomic E-state index is 0.550. The van der Waals surface area contributed by atoms with Crippen molar-refractivity contribution >= 4 is 5.82 Å². The maximum atomic E-state index is 4.84. The van der Waals surface area contributed by atoms with E-state index in [0.29, 0.717) is 5.92 Å². The van der Waals surface area contributed by atoms with Crippen LogP contribution in [0.2, 0.25) is 0 Å². The predicted molar refractivity (Wildman–Crippen MR) is 85.5 cm³/mol. The third kappa shape index (κ3) is 3.04. The third-order valence-corrected chi connectivity index (χ3v) is 3.82. The summed E-state index contributed by atoms with van der Waals surface area (Å²) < 4.78 is 0. The molecule has 0 aliphatic heterocycles. The van der Waals surface area contributed by atoms with Crippen molar-refractivity contribution in [2.45, 2.75) is 46.0 Å². The van der Waals surface area contributed by atoms with E-state index in [1.807, 2.05) is 19.2 Å². The zero-order chi connectivity index (χ0) is 14.8. The van der Waals surface area contributed by atoms with Crippen LogP contribution >= 0.6 is 0 Å². The van der Waals surface area contributed by atoms with Crippen LogP contribution in [0.15, 0.2) is 18.3 Å². The van der Waals surface area contributed by atoms with E-state index in [1.165, 1.54) is 12.8 Å². The molecule has 0 amide bonds. The van der Waals surface area contributed by atoms with E-state index in [9.17, 15) is 0 Å². The number of anilines is 1. The van der Waals surface area contributed by atoms with Gasteiger partial charge in [0.05, 0.1) is 5.69 Å². The average Bonchev–Trinajstić information content (AvgIpc) is 3.31. The summed E-state index contributed by atoms with van der Waals surface area (Å²) in [5, 5.41) is 3.44. The Labute approximate surface area is 126 Å². The summed E-state index contributed by atoms with van der Waals surface area (Å²) in [6, 6.07) is 4.12. The number of nitrogens with one attached hydrogen (secondary N) is 1. The van der Waals surface area contributed by atoms with Crippen LogP contribution in [0.1, 0.15) is 49.2 Å². The summed E-state index contributed by atoms with van der Waals surface area (Å²) in [7, 11) is 0. The number of hydrogen-bond donors (Lipinski definition) is 1. The van der Waals surface area contributed by atoms with Crippen molar-refractivity contribution in [1.29, 1.82) is 0 Å². The molecule has 0 aromatic carbocycles. The highest BCUT2D eigenvalue weighted by atomic mass is 15.0. The summed E-state index contributed by atoms with van der Waals surface area (Å²) in [6.07, 6.45) is 5.37. The Balaban J connectivity index is 2.07. The van der Waals surface area contributed by atoms with E-state index in [2.05, 4.69) is 30.2 Å². The zero-order valence-corrected chi connectivity index (χ0v) is 13.0. The van der Waals surface area contributed by atoms with Gasteiger partial charge in [0.25, 0.3) is 0 Å². The number of aryl methyl sites for hydroxylation is 1. The number of rotatable bonds is 5. The molecule has 21 heavy (non-hydrogen) atoms. The fourth-order valence-corrected chi connectivity index (χ4v) is 2.45. The van der Waals surface area contributed by atoms with Crippen molar-refractivity contribution in [2.75, 3.05) is 11.9 Å². The molecule has 2 aromatic rings. The molecule has 0 saturated heterocycles. The zero-order valence-electron chi connectivity index (χ0n) is 13.0. The van der Waals surface area contributed by atoms with Gasteiger partial charge in [-0.1, -0.05) is 6.92 Å². The SMILES string of the molecule is CCCNc1nc(C2CC2)nc(-c2ccnc(C)c2)c1C. The van der Waals surface area contributed by atoms with E-state index >= 15 is 0 Å². The highest BCUT2D eigenvalue weighted by Crippen LogP contribution is 2.40. The van der Waals surface area contributed by atoms with Crippen LogP contribution < -0.4 is 5.32 Å². The van der Waals surface area contributed by atoms with Gasteiger partial charge in [-0.15, -0.1) is 0 Å². The van der Waals surface area contributed by atoms with Gasteiger partial charge in [0.15, 0.2) is 0 Å². The standard InChI is InChI=1S/C17H22N4/c1-4-8-19-16-12(3)15(14-7-9-18-11(2)10-14)20-17(21-16)13-5-6-13/h7,9-10,13H,4-6,8H2,1-3H3,(H,19,20,21). The molecule has 0 spiro atoms. The molecule has 1 saturated carbocycles. The third-order valence-electron chi connectivity index (χ3n) is 3.82. The molecule has 4 heteroatoms. The van der Waals surface area contributed by atoms with E-state index in [-0.39, 0.29) is 0 Å². The Hall–Kier alpha value is -1.97. The summed E-state index contributed by atoms with van der Waals surface area (Å²) in [4.78, 5) is 13.9. The van der Waals surface area contributed by atoms with E-state index < -0.39 is 0 Å². The first-order valence-electron chi connectivity index (χ1n) is 7.74. The monoisotopic (exact) mass is 282 g/mol. The predicted octanol–water partition coefficient (Wildman–Crippen LogP) is 3.85. The lowest BCUT2D eigenvalue weighted by Crippen LogP contribution is -2.08. The normalized spacial score (nSPS) is 14.2. The smallest absolute Gasteiger partial charge is 0.134 e. The highest BCUT2D eigenvalue weighted by molar-refractivity contribution is 5.68. The van der Waals surface area contributed by atoms with Crippen molar-refractivity contribution in [3.8, 4) is 11.3 Å². The molecule has 1 N–H and O–H groups in total. The van der Waals surface area contributed by atoms with E-state index in [1.54, 1.807) is 0 Å². The van der Waals surface area contributed by atoms with Crippen LogP contribution in [-0.4, -0.2) is 21.5 Å². The summed E-state index contributed by atoms with van der Waals surface area (Å²) in [5.74, 6) is 2.52. The molecular weight excluding hydrogens is 260 g/mol. The van der Waals surface area contributed by atoms with Gasteiger partial charge in [0.2, 0.25) is 0 Å². The van der Waals surface area contributed by atoms with Crippen molar-refractivity contribution < 1.29 is 0 Å². The number of pyridine rings is 1. The molecule has 1 fully saturated rings. The lowest BCUT2D eigenvalue weighted by molar-refractivity contribution is 0.902. The molecular formula is C17H22N4. The van der Waals surface area contributed by atoms with Crippen LogP contribution in [0, 0.1) is 13.8 Å². The van der Waals surface area contributed by atoms with Gasteiger partial charge in [-0.3, -0.25) is 4.98 Å². The minimum atomic E-state index is 0.550. The summed E-state index contributed by atoms with van der Waals surface area (Å²) in [5.41, 5.74) is 4.31. The molecule has 0 radical (unpaired) electrons. The van der Waals surface area contributed by atoms with Crippen LogP contribution in [0.25, 0.3) is 11.3 Å². The highest BCUT2D eigenvalue weighted by Gasteiger charge is 2.28. The molecule has 3 rings (SSSR count). The van der Waals surface area contributed by atoms with E-state index in [0.717, 1.165) is 47.1 Å². The van der Waals surface area contributed by atoms with Gasteiger partial charge in [-0.2, -0.15) is 0 Å². The molecule has 4 nitrogen and oxygen atoms in total. The molecule has 0 unspecified atom stereocenters. The molecule has 110 valence electrons. The average molecular weight is 282 g/mol. The van der Waals surface area contributed by atoms with Gasteiger partial charge in [0.1, 0.15) is 11.6 Å². The summed E-state index contributed by atoms with van der Waals surface area (Å²) in [6.45, 7) is 7.22. The molecule has 1 aliphatic rings. The van der Waals surface area contributed by atoms with Gasteiger partial charge in [-0.05, 0) is 45.2 Å². The van der Waals surface area contributed by atoms with Gasteiger partial charge >= 0.3 is 0 Å². The van der Waals surface area contributed by atoms with Gasteiger partial charge in [-0.25, -0.2) is 9.97 Å². The first kappa shape index (κ1) is 14.0. The quantitative estimate of drug-likeness (QED) is 0.905. The fourth-order valence-electron chi connectivity index (χ4n) is 2.45. The Kier molecular flexibility index (Phi) is 3.86. The molecule has 2 aromatic heterocycles. The second kappa shape index (κ2) is 5.80.